The molecule has 0 radical (unpaired) electrons. The van der Waals surface area contributed by atoms with Crippen molar-refractivity contribution >= 4 is 30.7 Å². The van der Waals surface area contributed by atoms with Crippen LogP contribution in [0.4, 0.5) is 0 Å². The fourth-order valence-electron chi connectivity index (χ4n) is 2.19. The Kier molecular flexibility index (Phi) is 8.06. The first-order valence-electron chi connectivity index (χ1n) is 6.13. The molecule has 5 nitrogen and oxygen atoms in total. The zero-order chi connectivity index (χ0) is 12.3. The molecule has 7 heteroatoms. The molecule has 2 atom stereocenters. The number of hydrogen-bond acceptors (Lipinski definition) is 3. The van der Waals surface area contributed by atoms with Crippen LogP contribution in [-0.2, 0) is 18.3 Å². The molecule has 110 valence electrons. The first kappa shape index (κ1) is 18.2. The van der Waals surface area contributed by atoms with Crippen molar-refractivity contribution in [2.75, 3.05) is 13.1 Å². The van der Waals surface area contributed by atoms with Gasteiger partial charge in [0.25, 0.3) is 0 Å². The van der Waals surface area contributed by atoms with Gasteiger partial charge in [0, 0.05) is 25.8 Å². The number of carbonyl (C=O) groups is 1. The lowest BCUT2D eigenvalue weighted by molar-refractivity contribution is -0.121. The Morgan fingerprint density at radius 1 is 1.58 bits per heavy atom. The molecule has 0 bridgehead atoms. The maximum absolute atomic E-state index is 11.9. The van der Waals surface area contributed by atoms with Gasteiger partial charge in [-0.05, 0) is 24.4 Å². The van der Waals surface area contributed by atoms with Crippen molar-refractivity contribution in [1.29, 1.82) is 0 Å². The van der Waals surface area contributed by atoms with E-state index in [0.717, 1.165) is 25.1 Å². The molecule has 0 spiro atoms. The molecule has 2 unspecified atom stereocenters. The summed E-state index contributed by atoms with van der Waals surface area (Å²) in [6, 6.07) is 0.257. The van der Waals surface area contributed by atoms with Gasteiger partial charge in [-0.15, -0.1) is 24.8 Å². The summed E-state index contributed by atoms with van der Waals surface area (Å²) in [6.07, 6.45) is 5.15. The Balaban J connectivity index is 0.00000162. The molecule has 1 aliphatic heterocycles. The van der Waals surface area contributed by atoms with Gasteiger partial charge in [-0.1, -0.05) is 6.92 Å². The highest BCUT2D eigenvalue weighted by Crippen LogP contribution is 2.11. The summed E-state index contributed by atoms with van der Waals surface area (Å²) in [4.78, 5) is 11.9. The summed E-state index contributed by atoms with van der Waals surface area (Å²) in [6.45, 7) is 4.12. The molecular weight excluding hydrogens is 287 g/mol. The third-order valence-corrected chi connectivity index (χ3v) is 3.30. The molecule has 1 saturated heterocycles. The molecule has 2 N–H and O–H groups in total. The summed E-state index contributed by atoms with van der Waals surface area (Å²) in [5.74, 6) is 0.632. The molecule has 2 rings (SSSR count). The van der Waals surface area contributed by atoms with Crippen LogP contribution >= 0.6 is 24.8 Å². The second-order valence-electron chi connectivity index (χ2n) is 4.84. The number of amides is 1. The van der Waals surface area contributed by atoms with E-state index in [9.17, 15) is 4.79 Å². The smallest absolute Gasteiger partial charge is 0.224 e. The molecule has 1 aliphatic rings. The third kappa shape index (κ3) is 5.38. The Labute approximate surface area is 126 Å². The van der Waals surface area contributed by atoms with Gasteiger partial charge >= 0.3 is 0 Å². The maximum atomic E-state index is 11.9. The van der Waals surface area contributed by atoms with Crippen LogP contribution in [0.1, 0.15) is 18.9 Å². The third-order valence-electron chi connectivity index (χ3n) is 3.30. The largest absolute Gasteiger partial charge is 0.352 e. The van der Waals surface area contributed by atoms with Crippen LogP contribution in [-0.4, -0.2) is 34.8 Å². The van der Waals surface area contributed by atoms with Gasteiger partial charge in [0.1, 0.15) is 0 Å². The van der Waals surface area contributed by atoms with Crippen molar-refractivity contribution < 1.29 is 4.79 Å². The lowest BCUT2D eigenvalue weighted by atomic mass is 9.94. The number of nitrogens with zero attached hydrogens (tertiary/aromatic N) is 2. The quantitative estimate of drug-likeness (QED) is 0.873. The summed E-state index contributed by atoms with van der Waals surface area (Å²) in [5, 5.41) is 10.5. The minimum absolute atomic E-state index is 0. The van der Waals surface area contributed by atoms with Crippen molar-refractivity contribution in [3.63, 3.8) is 0 Å². The van der Waals surface area contributed by atoms with Gasteiger partial charge in [0.05, 0.1) is 12.6 Å². The van der Waals surface area contributed by atoms with E-state index < -0.39 is 0 Å². The Hall–Kier alpha value is -0.780. The zero-order valence-corrected chi connectivity index (χ0v) is 12.9. The fourth-order valence-corrected chi connectivity index (χ4v) is 2.19. The van der Waals surface area contributed by atoms with Crippen molar-refractivity contribution in [2.24, 2.45) is 13.0 Å². The highest BCUT2D eigenvalue weighted by molar-refractivity contribution is 5.85. The van der Waals surface area contributed by atoms with Crippen LogP contribution in [0.5, 0.6) is 0 Å². The first-order chi connectivity index (χ1) is 8.15. The molecule has 0 aromatic carbocycles. The van der Waals surface area contributed by atoms with Crippen molar-refractivity contribution in [2.45, 2.75) is 25.8 Å². The van der Waals surface area contributed by atoms with Gasteiger partial charge < -0.3 is 10.6 Å². The zero-order valence-electron chi connectivity index (χ0n) is 11.3. The van der Waals surface area contributed by atoms with Crippen LogP contribution in [0.25, 0.3) is 0 Å². The van der Waals surface area contributed by atoms with E-state index in [1.54, 1.807) is 10.9 Å². The van der Waals surface area contributed by atoms with Gasteiger partial charge in [-0.2, -0.15) is 5.10 Å². The molecule has 1 fully saturated rings. The molecule has 0 aliphatic carbocycles. The first-order valence-corrected chi connectivity index (χ1v) is 6.13. The average Bonchev–Trinajstić information content (AvgIpc) is 2.67. The highest BCUT2D eigenvalue weighted by Gasteiger charge is 2.22. The van der Waals surface area contributed by atoms with Crippen LogP contribution in [0.15, 0.2) is 12.4 Å². The number of hydrogen-bond donors (Lipinski definition) is 2. The van der Waals surface area contributed by atoms with Crippen molar-refractivity contribution in [1.82, 2.24) is 20.4 Å². The van der Waals surface area contributed by atoms with E-state index in [0.29, 0.717) is 12.3 Å². The molecule has 1 aromatic rings. The van der Waals surface area contributed by atoms with Gasteiger partial charge in [0.2, 0.25) is 5.91 Å². The monoisotopic (exact) mass is 308 g/mol. The van der Waals surface area contributed by atoms with Gasteiger partial charge in [-0.3, -0.25) is 9.48 Å². The molecular formula is C12H22Cl2N4O. The SMILES string of the molecule is CC1CCNCC1NC(=O)Cc1cnn(C)c1.Cl.Cl. The van der Waals surface area contributed by atoms with Crippen LogP contribution in [0, 0.1) is 5.92 Å². The van der Waals surface area contributed by atoms with E-state index in [1.807, 2.05) is 13.2 Å². The number of aromatic nitrogens is 2. The minimum atomic E-state index is 0. The molecule has 0 saturated carbocycles. The average molecular weight is 309 g/mol. The Morgan fingerprint density at radius 2 is 2.32 bits per heavy atom. The fraction of sp³-hybridized carbons (Fsp3) is 0.667. The Morgan fingerprint density at radius 3 is 2.89 bits per heavy atom. The van der Waals surface area contributed by atoms with Crippen LogP contribution in [0.2, 0.25) is 0 Å². The second-order valence-corrected chi connectivity index (χ2v) is 4.84. The molecule has 2 heterocycles. The summed E-state index contributed by atoms with van der Waals surface area (Å²) >= 11 is 0. The highest BCUT2D eigenvalue weighted by atomic mass is 35.5. The summed E-state index contributed by atoms with van der Waals surface area (Å²) < 4.78 is 1.72. The topological polar surface area (TPSA) is 58.9 Å². The predicted octanol–water partition coefficient (Wildman–Crippen LogP) is 0.920. The van der Waals surface area contributed by atoms with Gasteiger partial charge in [-0.25, -0.2) is 0 Å². The Bertz CT molecular complexity index is 397. The van der Waals surface area contributed by atoms with Crippen LogP contribution in [0.3, 0.4) is 0 Å². The minimum Gasteiger partial charge on any atom is -0.352 e. The number of halogens is 2. The van der Waals surface area contributed by atoms with E-state index in [2.05, 4.69) is 22.7 Å². The maximum Gasteiger partial charge on any atom is 0.224 e. The number of carbonyl (C=O) groups excluding carboxylic acids is 1. The number of nitrogens with one attached hydrogen (secondary N) is 2. The molecule has 1 amide bonds. The van der Waals surface area contributed by atoms with E-state index in [4.69, 9.17) is 0 Å². The van der Waals surface area contributed by atoms with E-state index >= 15 is 0 Å². The normalized spacial score (nSPS) is 22.0. The number of aryl methyl sites for hydroxylation is 1. The lowest BCUT2D eigenvalue weighted by Gasteiger charge is -2.30. The number of piperidine rings is 1. The second kappa shape index (κ2) is 8.40. The van der Waals surface area contributed by atoms with E-state index in [1.165, 1.54) is 0 Å². The van der Waals surface area contributed by atoms with E-state index in [-0.39, 0.29) is 36.8 Å². The van der Waals surface area contributed by atoms with Crippen molar-refractivity contribution in [3.05, 3.63) is 18.0 Å². The summed E-state index contributed by atoms with van der Waals surface area (Å²) in [5.41, 5.74) is 0.960. The molecule has 19 heavy (non-hydrogen) atoms. The molecule has 1 aromatic heterocycles. The summed E-state index contributed by atoms with van der Waals surface area (Å²) in [7, 11) is 1.86. The predicted molar refractivity (Wildman–Crippen MR) is 80.0 cm³/mol. The standard InChI is InChI=1S/C12H20N4O.2ClH/c1-9-3-4-13-7-11(9)15-12(17)5-10-6-14-16(2)8-10;;/h6,8-9,11,13H,3-5,7H2,1-2H3,(H,15,17);2*1H. The number of rotatable bonds is 3. The lowest BCUT2D eigenvalue weighted by Crippen LogP contribution is -2.50. The van der Waals surface area contributed by atoms with Crippen molar-refractivity contribution in [3.8, 4) is 0 Å². The van der Waals surface area contributed by atoms with Gasteiger partial charge in [0.15, 0.2) is 0 Å². The van der Waals surface area contributed by atoms with Crippen LogP contribution < -0.4 is 10.6 Å².